The van der Waals surface area contributed by atoms with Crippen LogP contribution in [0.5, 0.6) is 0 Å². The molecule has 1 aromatic carbocycles. The minimum absolute atomic E-state index is 0.171. The van der Waals surface area contributed by atoms with E-state index in [-0.39, 0.29) is 5.82 Å². The molecule has 1 aromatic rings. The van der Waals surface area contributed by atoms with E-state index in [1.165, 1.54) is 11.8 Å². The van der Waals surface area contributed by atoms with Crippen LogP contribution in [0.3, 0.4) is 0 Å². The van der Waals surface area contributed by atoms with E-state index in [2.05, 4.69) is 17.1 Å². The molecule has 1 heterocycles. The van der Waals surface area contributed by atoms with E-state index in [0.29, 0.717) is 5.69 Å². The Kier molecular flexibility index (Phi) is 4.68. The number of thioether (sulfide) groups is 1. The van der Waals surface area contributed by atoms with Crippen molar-refractivity contribution in [2.45, 2.75) is 12.2 Å². The van der Waals surface area contributed by atoms with Crippen LogP contribution in [0.1, 0.15) is 6.92 Å². The van der Waals surface area contributed by atoms with Gasteiger partial charge < -0.3 is 5.32 Å². The van der Waals surface area contributed by atoms with Crippen molar-refractivity contribution >= 4 is 17.4 Å². The lowest BCUT2D eigenvalue weighted by Gasteiger charge is -2.30. The van der Waals surface area contributed by atoms with Crippen LogP contribution in [-0.2, 0) is 0 Å². The molecule has 1 aliphatic heterocycles. The molecule has 94 valence electrons. The third-order valence-corrected chi connectivity index (χ3v) is 4.08. The molecule has 1 saturated heterocycles. The predicted octanol–water partition coefficient (Wildman–Crippen LogP) is 2.67. The summed E-state index contributed by atoms with van der Waals surface area (Å²) in [4.78, 5) is 2.44. The molecule has 0 bridgehead atoms. The molecule has 0 aromatic heterocycles. The van der Waals surface area contributed by atoms with Gasteiger partial charge in [-0.2, -0.15) is 11.8 Å². The third kappa shape index (κ3) is 3.89. The Bertz CT molecular complexity index is 359. The first kappa shape index (κ1) is 12.7. The molecule has 1 atom stereocenters. The number of rotatable bonds is 4. The van der Waals surface area contributed by atoms with Gasteiger partial charge in [0.2, 0.25) is 0 Å². The summed E-state index contributed by atoms with van der Waals surface area (Å²) in [5.41, 5.74) is 0.604. The Morgan fingerprint density at radius 3 is 3.06 bits per heavy atom. The quantitative estimate of drug-likeness (QED) is 0.889. The maximum absolute atomic E-state index is 13.3. The molecule has 0 saturated carbocycles. The van der Waals surface area contributed by atoms with Crippen LogP contribution in [-0.4, -0.2) is 42.1 Å². The Morgan fingerprint density at radius 2 is 2.29 bits per heavy atom. The van der Waals surface area contributed by atoms with Crippen LogP contribution in [0.15, 0.2) is 24.3 Å². The van der Waals surface area contributed by atoms with Crippen molar-refractivity contribution in [2.24, 2.45) is 0 Å². The number of nitrogens with one attached hydrogen (secondary N) is 1. The second-order valence-corrected chi connectivity index (χ2v) is 5.93. The Hall–Kier alpha value is -0.740. The Morgan fingerprint density at radius 1 is 1.47 bits per heavy atom. The summed E-state index contributed by atoms with van der Waals surface area (Å²) in [5, 5.41) is 3.87. The van der Waals surface area contributed by atoms with Crippen molar-refractivity contribution in [1.82, 2.24) is 4.90 Å². The number of para-hydroxylation sites is 1. The molecule has 0 radical (unpaired) electrons. The van der Waals surface area contributed by atoms with Crippen LogP contribution in [0, 0.1) is 5.82 Å². The molecule has 1 N–H and O–H groups in total. The van der Waals surface area contributed by atoms with Crippen molar-refractivity contribution in [3.63, 3.8) is 0 Å². The number of halogens is 1. The second kappa shape index (κ2) is 6.26. The van der Waals surface area contributed by atoms with Gasteiger partial charge in [-0.25, -0.2) is 4.39 Å². The number of hydrogen-bond acceptors (Lipinski definition) is 3. The molecule has 0 amide bonds. The number of hydrogen-bond donors (Lipinski definition) is 1. The fourth-order valence-corrected chi connectivity index (χ4v) is 3.13. The first-order valence-electron chi connectivity index (χ1n) is 6.08. The van der Waals surface area contributed by atoms with E-state index in [9.17, 15) is 4.39 Å². The smallest absolute Gasteiger partial charge is 0.146 e. The number of anilines is 1. The highest BCUT2D eigenvalue weighted by Gasteiger charge is 2.15. The lowest BCUT2D eigenvalue weighted by atomic mass is 10.3. The van der Waals surface area contributed by atoms with Gasteiger partial charge in [0, 0.05) is 37.2 Å². The van der Waals surface area contributed by atoms with Crippen LogP contribution >= 0.6 is 11.8 Å². The second-order valence-electron chi connectivity index (χ2n) is 4.39. The summed E-state index contributed by atoms with van der Waals surface area (Å²) in [6, 6.07) is 6.83. The SMILES string of the molecule is CC1CN(CCNc2ccccc2F)CCS1. The number of nitrogens with zero attached hydrogens (tertiary/aromatic N) is 1. The van der Waals surface area contributed by atoms with Crippen LogP contribution in [0.25, 0.3) is 0 Å². The zero-order valence-corrected chi connectivity index (χ0v) is 11.0. The van der Waals surface area contributed by atoms with Crippen molar-refractivity contribution in [3.8, 4) is 0 Å². The largest absolute Gasteiger partial charge is 0.381 e. The average molecular weight is 254 g/mol. The molecule has 2 nitrogen and oxygen atoms in total. The van der Waals surface area contributed by atoms with E-state index in [0.717, 1.165) is 31.4 Å². The van der Waals surface area contributed by atoms with Gasteiger partial charge in [0.15, 0.2) is 0 Å². The molecule has 17 heavy (non-hydrogen) atoms. The summed E-state index contributed by atoms with van der Waals surface area (Å²) in [6.45, 7) is 6.34. The monoisotopic (exact) mass is 254 g/mol. The summed E-state index contributed by atoms with van der Waals surface area (Å²) in [7, 11) is 0. The molecule has 0 aliphatic carbocycles. The lowest BCUT2D eigenvalue weighted by molar-refractivity contribution is 0.297. The third-order valence-electron chi connectivity index (χ3n) is 2.94. The predicted molar refractivity (Wildman–Crippen MR) is 73.2 cm³/mol. The minimum Gasteiger partial charge on any atom is -0.381 e. The highest BCUT2D eigenvalue weighted by Crippen LogP contribution is 2.17. The summed E-state index contributed by atoms with van der Waals surface area (Å²) in [5.74, 6) is 1.04. The van der Waals surface area contributed by atoms with E-state index in [4.69, 9.17) is 0 Å². The summed E-state index contributed by atoms with van der Waals surface area (Å²) < 4.78 is 13.3. The fraction of sp³-hybridized carbons (Fsp3) is 0.538. The van der Waals surface area contributed by atoms with Crippen LogP contribution in [0.4, 0.5) is 10.1 Å². The minimum atomic E-state index is -0.171. The normalized spacial score (nSPS) is 21.4. The van der Waals surface area contributed by atoms with E-state index in [1.54, 1.807) is 12.1 Å². The molecule has 4 heteroatoms. The van der Waals surface area contributed by atoms with Crippen molar-refractivity contribution in [3.05, 3.63) is 30.1 Å². The molecule has 1 fully saturated rings. The zero-order valence-electron chi connectivity index (χ0n) is 10.2. The van der Waals surface area contributed by atoms with Gasteiger partial charge >= 0.3 is 0 Å². The van der Waals surface area contributed by atoms with Gasteiger partial charge in [0.05, 0.1) is 5.69 Å². The Balaban J connectivity index is 1.74. The molecule has 2 rings (SSSR count). The highest BCUT2D eigenvalue weighted by atomic mass is 32.2. The highest BCUT2D eigenvalue weighted by molar-refractivity contribution is 7.99. The van der Waals surface area contributed by atoms with Crippen LogP contribution < -0.4 is 5.32 Å². The maximum Gasteiger partial charge on any atom is 0.146 e. The van der Waals surface area contributed by atoms with Gasteiger partial charge in [-0.05, 0) is 12.1 Å². The standard InChI is InChI=1S/C13H19FN2S/c1-11-10-16(8-9-17-11)7-6-15-13-5-3-2-4-12(13)14/h2-5,11,15H,6-10H2,1H3. The first-order chi connectivity index (χ1) is 8.25. The van der Waals surface area contributed by atoms with E-state index < -0.39 is 0 Å². The molecule has 1 unspecified atom stereocenters. The Labute approximate surface area is 107 Å². The number of benzene rings is 1. The van der Waals surface area contributed by atoms with Crippen molar-refractivity contribution in [1.29, 1.82) is 0 Å². The summed E-state index contributed by atoms with van der Waals surface area (Å²) >= 11 is 2.03. The molecular formula is C13H19FN2S. The zero-order chi connectivity index (χ0) is 12.1. The average Bonchev–Trinajstić information content (AvgIpc) is 2.32. The van der Waals surface area contributed by atoms with E-state index >= 15 is 0 Å². The van der Waals surface area contributed by atoms with E-state index in [1.807, 2.05) is 17.8 Å². The van der Waals surface area contributed by atoms with Gasteiger partial charge in [0.1, 0.15) is 5.82 Å². The maximum atomic E-state index is 13.3. The van der Waals surface area contributed by atoms with Gasteiger partial charge in [-0.15, -0.1) is 0 Å². The van der Waals surface area contributed by atoms with Gasteiger partial charge in [-0.1, -0.05) is 19.1 Å². The molecule has 1 aliphatic rings. The van der Waals surface area contributed by atoms with Crippen LogP contribution in [0.2, 0.25) is 0 Å². The van der Waals surface area contributed by atoms with Crippen molar-refractivity contribution in [2.75, 3.05) is 37.2 Å². The molecular weight excluding hydrogens is 235 g/mol. The lowest BCUT2D eigenvalue weighted by Crippen LogP contribution is -2.39. The fourth-order valence-electron chi connectivity index (χ4n) is 2.05. The van der Waals surface area contributed by atoms with Gasteiger partial charge in [-0.3, -0.25) is 4.90 Å². The molecule has 0 spiro atoms. The summed E-state index contributed by atoms with van der Waals surface area (Å²) in [6.07, 6.45) is 0. The first-order valence-corrected chi connectivity index (χ1v) is 7.13. The topological polar surface area (TPSA) is 15.3 Å². The van der Waals surface area contributed by atoms with Crippen molar-refractivity contribution < 1.29 is 4.39 Å². The van der Waals surface area contributed by atoms with Gasteiger partial charge in [0.25, 0.3) is 0 Å².